The molecule has 1 aromatic heterocycles. The van der Waals surface area contributed by atoms with Crippen molar-refractivity contribution in [1.82, 2.24) is 9.97 Å². The van der Waals surface area contributed by atoms with Crippen molar-refractivity contribution in [3.63, 3.8) is 0 Å². The van der Waals surface area contributed by atoms with Crippen LogP contribution in [0.15, 0.2) is 6.20 Å². The van der Waals surface area contributed by atoms with E-state index >= 15 is 0 Å². The molecule has 0 unspecified atom stereocenters. The summed E-state index contributed by atoms with van der Waals surface area (Å²) in [5.74, 6) is 0.308. The predicted octanol–water partition coefficient (Wildman–Crippen LogP) is -0.140. The summed E-state index contributed by atoms with van der Waals surface area (Å²) in [6.45, 7) is 1.64. The van der Waals surface area contributed by atoms with E-state index in [0.717, 1.165) is 5.69 Å². The molecule has 1 rings (SSSR count). The number of rotatable bonds is 1. The fourth-order valence-electron chi connectivity index (χ4n) is 0.643. The van der Waals surface area contributed by atoms with E-state index in [2.05, 4.69) is 9.97 Å². The summed E-state index contributed by atoms with van der Waals surface area (Å²) in [6.07, 6.45) is 1.57. The number of aliphatic hydroxyl groups excluding tert-OH is 1. The van der Waals surface area contributed by atoms with Crippen molar-refractivity contribution in [2.24, 2.45) is 0 Å². The molecule has 4 heteroatoms. The van der Waals surface area contributed by atoms with E-state index in [9.17, 15) is 0 Å². The zero-order valence-electron chi connectivity index (χ0n) is 5.70. The number of nitrogens with two attached hydrogens (primary N) is 1. The van der Waals surface area contributed by atoms with Crippen LogP contribution < -0.4 is 5.73 Å². The standard InChI is InChI=1S/C6H9N3O/c1-4-2-8-5(3-10)6(7)9-4/h2,10H,3H2,1H3,(H2,7,9). The maximum absolute atomic E-state index is 8.63. The second-order valence-electron chi connectivity index (χ2n) is 2.00. The SMILES string of the molecule is Cc1cnc(CO)c(N)n1. The van der Waals surface area contributed by atoms with E-state index in [1.165, 1.54) is 0 Å². The summed E-state index contributed by atoms with van der Waals surface area (Å²) in [4.78, 5) is 7.76. The monoisotopic (exact) mass is 139 g/mol. The van der Waals surface area contributed by atoms with Crippen LogP contribution in [0.2, 0.25) is 0 Å². The largest absolute Gasteiger partial charge is 0.390 e. The van der Waals surface area contributed by atoms with Crippen LogP contribution in [-0.4, -0.2) is 15.1 Å². The van der Waals surface area contributed by atoms with Gasteiger partial charge in [-0.2, -0.15) is 0 Å². The molecule has 3 N–H and O–H groups in total. The first-order valence-corrected chi connectivity index (χ1v) is 2.93. The number of aliphatic hydroxyl groups is 1. The van der Waals surface area contributed by atoms with Crippen LogP contribution in [0.3, 0.4) is 0 Å². The summed E-state index contributed by atoms with van der Waals surface area (Å²) in [7, 11) is 0. The average Bonchev–Trinajstić information content (AvgIpc) is 1.88. The van der Waals surface area contributed by atoms with Crippen LogP contribution in [0, 0.1) is 6.92 Å². The molecular weight excluding hydrogens is 130 g/mol. The van der Waals surface area contributed by atoms with Crippen LogP contribution in [0.5, 0.6) is 0 Å². The Morgan fingerprint density at radius 1 is 1.70 bits per heavy atom. The molecule has 0 atom stereocenters. The molecule has 0 saturated carbocycles. The molecule has 0 aliphatic rings. The van der Waals surface area contributed by atoms with Gasteiger partial charge in [0, 0.05) is 6.20 Å². The zero-order valence-corrected chi connectivity index (χ0v) is 5.70. The molecule has 0 radical (unpaired) electrons. The van der Waals surface area contributed by atoms with E-state index in [0.29, 0.717) is 11.5 Å². The number of anilines is 1. The highest BCUT2D eigenvalue weighted by atomic mass is 16.3. The quantitative estimate of drug-likeness (QED) is 0.568. The van der Waals surface area contributed by atoms with Crippen molar-refractivity contribution >= 4 is 5.82 Å². The van der Waals surface area contributed by atoms with E-state index in [-0.39, 0.29) is 6.61 Å². The highest BCUT2D eigenvalue weighted by Gasteiger charge is 1.98. The molecule has 54 valence electrons. The minimum absolute atomic E-state index is 0.154. The van der Waals surface area contributed by atoms with Crippen LogP contribution in [0.25, 0.3) is 0 Å². The Labute approximate surface area is 58.7 Å². The van der Waals surface area contributed by atoms with Gasteiger partial charge in [-0.1, -0.05) is 0 Å². The Morgan fingerprint density at radius 3 is 2.90 bits per heavy atom. The highest BCUT2D eigenvalue weighted by Crippen LogP contribution is 2.03. The fraction of sp³-hybridized carbons (Fsp3) is 0.333. The third-order valence-corrected chi connectivity index (χ3v) is 1.15. The Morgan fingerprint density at radius 2 is 2.40 bits per heavy atom. The lowest BCUT2D eigenvalue weighted by atomic mass is 10.4. The number of hydrogen-bond donors (Lipinski definition) is 2. The molecule has 0 spiro atoms. The molecule has 0 amide bonds. The van der Waals surface area contributed by atoms with E-state index in [1.807, 2.05) is 0 Å². The summed E-state index contributed by atoms with van der Waals surface area (Å²) in [6, 6.07) is 0. The van der Waals surface area contributed by atoms with Gasteiger partial charge in [0.25, 0.3) is 0 Å². The van der Waals surface area contributed by atoms with Crippen molar-refractivity contribution in [3.8, 4) is 0 Å². The van der Waals surface area contributed by atoms with Gasteiger partial charge in [0.1, 0.15) is 11.5 Å². The van der Waals surface area contributed by atoms with Gasteiger partial charge in [0.2, 0.25) is 0 Å². The van der Waals surface area contributed by atoms with Gasteiger partial charge in [0.05, 0.1) is 12.3 Å². The third-order valence-electron chi connectivity index (χ3n) is 1.15. The van der Waals surface area contributed by atoms with Gasteiger partial charge in [-0.3, -0.25) is 4.98 Å². The molecule has 0 saturated heterocycles. The van der Waals surface area contributed by atoms with Gasteiger partial charge in [0.15, 0.2) is 0 Å². The van der Waals surface area contributed by atoms with Crippen molar-refractivity contribution < 1.29 is 5.11 Å². The number of nitrogens with zero attached hydrogens (tertiary/aromatic N) is 2. The Balaban J connectivity index is 3.07. The molecule has 0 aromatic carbocycles. The van der Waals surface area contributed by atoms with Crippen molar-refractivity contribution in [3.05, 3.63) is 17.6 Å². The molecule has 1 aromatic rings. The Bertz CT molecular complexity index is 236. The number of hydrogen-bond acceptors (Lipinski definition) is 4. The molecule has 1 heterocycles. The van der Waals surface area contributed by atoms with E-state index < -0.39 is 0 Å². The molecule has 4 nitrogen and oxygen atoms in total. The van der Waals surface area contributed by atoms with Gasteiger partial charge >= 0.3 is 0 Å². The molecular formula is C6H9N3O. The summed E-state index contributed by atoms with van der Waals surface area (Å²) >= 11 is 0. The van der Waals surface area contributed by atoms with Crippen molar-refractivity contribution in [1.29, 1.82) is 0 Å². The van der Waals surface area contributed by atoms with Gasteiger partial charge in [-0.25, -0.2) is 4.98 Å². The van der Waals surface area contributed by atoms with Gasteiger partial charge in [-0.15, -0.1) is 0 Å². The maximum atomic E-state index is 8.63. The van der Waals surface area contributed by atoms with Gasteiger partial charge in [-0.05, 0) is 6.92 Å². The lowest BCUT2D eigenvalue weighted by Crippen LogP contribution is -2.01. The lowest BCUT2D eigenvalue weighted by molar-refractivity contribution is 0.277. The summed E-state index contributed by atoms with van der Waals surface area (Å²) < 4.78 is 0. The van der Waals surface area contributed by atoms with Crippen LogP contribution >= 0.6 is 0 Å². The Kier molecular flexibility index (Phi) is 1.82. The predicted molar refractivity (Wildman–Crippen MR) is 37.1 cm³/mol. The van der Waals surface area contributed by atoms with Crippen LogP contribution in [0.1, 0.15) is 11.4 Å². The molecule has 0 aliphatic heterocycles. The number of aromatic nitrogens is 2. The highest BCUT2D eigenvalue weighted by molar-refractivity contribution is 5.33. The van der Waals surface area contributed by atoms with Crippen molar-refractivity contribution in [2.45, 2.75) is 13.5 Å². The van der Waals surface area contributed by atoms with Gasteiger partial charge < -0.3 is 10.8 Å². The van der Waals surface area contributed by atoms with Crippen molar-refractivity contribution in [2.75, 3.05) is 5.73 Å². The minimum Gasteiger partial charge on any atom is -0.390 e. The smallest absolute Gasteiger partial charge is 0.147 e. The maximum Gasteiger partial charge on any atom is 0.147 e. The number of aryl methyl sites for hydroxylation is 1. The van der Waals surface area contributed by atoms with Crippen LogP contribution in [0.4, 0.5) is 5.82 Å². The molecule has 0 bridgehead atoms. The normalized spacial score (nSPS) is 9.80. The number of nitrogen functional groups attached to an aromatic ring is 1. The molecule has 0 aliphatic carbocycles. The molecule has 10 heavy (non-hydrogen) atoms. The first-order valence-electron chi connectivity index (χ1n) is 2.93. The second-order valence-corrected chi connectivity index (χ2v) is 2.00. The van der Waals surface area contributed by atoms with E-state index in [4.69, 9.17) is 10.8 Å². The third kappa shape index (κ3) is 1.22. The lowest BCUT2D eigenvalue weighted by Gasteiger charge is -1.99. The first kappa shape index (κ1) is 6.95. The Hall–Kier alpha value is -1.16. The molecule has 0 fully saturated rings. The first-order chi connectivity index (χ1) is 4.74. The fourth-order valence-corrected chi connectivity index (χ4v) is 0.643. The topological polar surface area (TPSA) is 72.0 Å². The second kappa shape index (κ2) is 2.62. The minimum atomic E-state index is -0.154. The summed E-state index contributed by atoms with van der Waals surface area (Å²) in [5, 5.41) is 8.63. The summed E-state index contributed by atoms with van der Waals surface area (Å²) in [5.41, 5.74) is 6.59. The zero-order chi connectivity index (χ0) is 7.56. The van der Waals surface area contributed by atoms with E-state index in [1.54, 1.807) is 13.1 Å². The average molecular weight is 139 g/mol. The van der Waals surface area contributed by atoms with Crippen LogP contribution in [-0.2, 0) is 6.61 Å².